The Morgan fingerprint density at radius 3 is 2.55 bits per heavy atom. The average Bonchev–Trinajstić information content (AvgIpc) is 2.41. The van der Waals surface area contributed by atoms with Gasteiger partial charge in [0.25, 0.3) is 0 Å². The number of fused-ring (bicyclic) bond motifs is 1. The Labute approximate surface area is 122 Å². The molecule has 3 rings (SSSR count). The van der Waals surface area contributed by atoms with E-state index in [0.29, 0.717) is 16.7 Å². The molecule has 0 aliphatic carbocycles. The minimum atomic E-state index is 0.502. The second-order valence-corrected chi connectivity index (χ2v) is 5.22. The summed E-state index contributed by atoms with van der Waals surface area (Å²) in [7, 11) is 0. The molecule has 0 aliphatic heterocycles. The van der Waals surface area contributed by atoms with Gasteiger partial charge in [0.15, 0.2) is 5.82 Å². The van der Waals surface area contributed by atoms with Gasteiger partial charge in [0.05, 0.1) is 5.52 Å². The van der Waals surface area contributed by atoms with Gasteiger partial charge in [0.1, 0.15) is 5.82 Å². The molecule has 0 saturated carbocycles. The van der Waals surface area contributed by atoms with Crippen LogP contribution in [-0.2, 0) is 0 Å². The van der Waals surface area contributed by atoms with Crippen molar-refractivity contribution in [1.82, 2.24) is 9.97 Å². The predicted molar refractivity (Wildman–Crippen MR) is 83.9 cm³/mol. The van der Waals surface area contributed by atoms with Crippen LogP contribution in [0.25, 0.3) is 22.3 Å². The number of nitrogens with two attached hydrogens (primary N) is 1. The second kappa shape index (κ2) is 4.76. The van der Waals surface area contributed by atoms with Crippen molar-refractivity contribution >= 4 is 28.3 Å². The highest BCUT2D eigenvalue weighted by molar-refractivity contribution is 6.31. The molecule has 100 valence electrons. The third kappa shape index (κ3) is 2.00. The van der Waals surface area contributed by atoms with Crippen molar-refractivity contribution in [3.05, 3.63) is 52.5 Å². The summed E-state index contributed by atoms with van der Waals surface area (Å²) < 4.78 is 0. The standard InChI is InChI=1S/C16H14ClN3/c1-9-5-3-8-13-14(9)15(18)20-16(19-13)11-6-4-7-12(17)10(11)2/h3-8H,1-2H3,(H2,18,19,20). The Morgan fingerprint density at radius 2 is 1.75 bits per heavy atom. The molecule has 0 saturated heterocycles. The summed E-state index contributed by atoms with van der Waals surface area (Å²) in [6.07, 6.45) is 0. The van der Waals surface area contributed by atoms with E-state index in [9.17, 15) is 0 Å². The minimum absolute atomic E-state index is 0.502. The summed E-state index contributed by atoms with van der Waals surface area (Å²) in [5.41, 5.74) is 9.90. The van der Waals surface area contributed by atoms with Crippen LogP contribution in [0.4, 0.5) is 5.82 Å². The topological polar surface area (TPSA) is 51.8 Å². The molecular formula is C16H14ClN3. The average molecular weight is 284 g/mol. The number of nitrogen functional groups attached to an aromatic ring is 1. The van der Waals surface area contributed by atoms with Crippen molar-refractivity contribution in [2.45, 2.75) is 13.8 Å². The predicted octanol–water partition coefficient (Wildman–Crippen LogP) is 4.15. The van der Waals surface area contributed by atoms with E-state index in [-0.39, 0.29) is 0 Å². The monoisotopic (exact) mass is 283 g/mol. The number of aryl methyl sites for hydroxylation is 1. The SMILES string of the molecule is Cc1c(Cl)cccc1-c1nc(N)c2c(C)cccc2n1. The van der Waals surface area contributed by atoms with Crippen molar-refractivity contribution in [1.29, 1.82) is 0 Å². The van der Waals surface area contributed by atoms with Gasteiger partial charge in [0, 0.05) is 16.0 Å². The summed E-state index contributed by atoms with van der Waals surface area (Å²) in [4.78, 5) is 9.06. The summed E-state index contributed by atoms with van der Waals surface area (Å²) in [6.45, 7) is 3.96. The Kier molecular flexibility index (Phi) is 3.07. The lowest BCUT2D eigenvalue weighted by Crippen LogP contribution is -2.00. The number of nitrogens with zero attached hydrogens (tertiary/aromatic N) is 2. The van der Waals surface area contributed by atoms with E-state index in [0.717, 1.165) is 27.6 Å². The Bertz CT molecular complexity index is 812. The lowest BCUT2D eigenvalue weighted by atomic mass is 10.1. The van der Waals surface area contributed by atoms with Crippen molar-refractivity contribution in [3.63, 3.8) is 0 Å². The van der Waals surface area contributed by atoms with E-state index >= 15 is 0 Å². The van der Waals surface area contributed by atoms with Gasteiger partial charge in [-0.15, -0.1) is 0 Å². The molecule has 1 aromatic heterocycles. The first kappa shape index (κ1) is 12.9. The maximum absolute atomic E-state index is 6.16. The van der Waals surface area contributed by atoms with E-state index in [1.807, 2.05) is 50.2 Å². The Balaban J connectivity index is 2.31. The molecule has 0 unspecified atom stereocenters. The fourth-order valence-corrected chi connectivity index (χ4v) is 2.53. The first-order chi connectivity index (χ1) is 9.58. The maximum atomic E-state index is 6.16. The van der Waals surface area contributed by atoms with Gasteiger partial charge in [-0.05, 0) is 37.1 Å². The molecule has 1 heterocycles. The zero-order chi connectivity index (χ0) is 14.3. The van der Waals surface area contributed by atoms with E-state index < -0.39 is 0 Å². The normalized spacial score (nSPS) is 10.9. The van der Waals surface area contributed by atoms with E-state index in [2.05, 4.69) is 9.97 Å². The molecule has 3 nitrogen and oxygen atoms in total. The summed E-state index contributed by atoms with van der Waals surface area (Å²) in [5.74, 6) is 1.11. The lowest BCUT2D eigenvalue weighted by Gasteiger charge is -2.10. The van der Waals surface area contributed by atoms with Gasteiger partial charge in [-0.2, -0.15) is 0 Å². The third-order valence-electron chi connectivity index (χ3n) is 3.47. The van der Waals surface area contributed by atoms with Crippen LogP contribution in [0.1, 0.15) is 11.1 Å². The van der Waals surface area contributed by atoms with Crippen molar-refractivity contribution in [2.24, 2.45) is 0 Å². The summed E-state index contributed by atoms with van der Waals surface area (Å²) in [6, 6.07) is 11.6. The fraction of sp³-hybridized carbons (Fsp3) is 0.125. The highest BCUT2D eigenvalue weighted by Crippen LogP contribution is 2.29. The van der Waals surface area contributed by atoms with Crippen LogP contribution < -0.4 is 5.73 Å². The summed E-state index contributed by atoms with van der Waals surface area (Å²) in [5, 5.41) is 1.62. The molecule has 20 heavy (non-hydrogen) atoms. The number of anilines is 1. The maximum Gasteiger partial charge on any atom is 0.162 e. The molecule has 0 bridgehead atoms. The van der Waals surface area contributed by atoms with Crippen molar-refractivity contribution in [2.75, 3.05) is 5.73 Å². The number of halogens is 1. The molecule has 0 radical (unpaired) electrons. The highest BCUT2D eigenvalue weighted by Gasteiger charge is 2.11. The summed E-state index contributed by atoms with van der Waals surface area (Å²) >= 11 is 6.16. The number of aromatic nitrogens is 2. The molecule has 2 aromatic carbocycles. The van der Waals surface area contributed by atoms with Crippen molar-refractivity contribution < 1.29 is 0 Å². The number of hydrogen-bond donors (Lipinski definition) is 1. The van der Waals surface area contributed by atoms with Crippen LogP contribution in [0.15, 0.2) is 36.4 Å². The van der Waals surface area contributed by atoms with E-state index in [1.54, 1.807) is 0 Å². The van der Waals surface area contributed by atoms with Crippen LogP contribution >= 0.6 is 11.6 Å². The fourth-order valence-electron chi connectivity index (χ4n) is 2.36. The van der Waals surface area contributed by atoms with Crippen LogP contribution in [0.2, 0.25) is 5.02 Å². The van der Waals surface area contributed by atoms with Gasteiger partial charge in [-0.3, -0.25) is 0 Å². The Morgan fingerprint density at radius 1 is 1.00 bits per heavy atom. The first-order valence-electron chi connectivity index (χ1n) is 6.36. The Hall–Kier alpha value is -2.13. The third-order valence-corrected chi connectivity index (χ3v) is 3.88. The van der Waals surface area contributed by atoms with Crippen LogP contribution in [0.5, 0.6) is 0 Å². The van der Waals surface area contributed by atoms with Crippen LogP contribution in [0.3, 0.4) is 0 Å². The van der Waals surface area contributed by atoms with Gasteiger partial charge in [0.2, 0.25) is 0 Å². The largest absolute Gasteiger partial charge is 0.383 e. The van der Waals surface area contributed by atoms with Crippen LogP contribution in [-0.4, -0.2) is 9.97 Å². The molecule has 0 aliphatic rings. The van der Waals surface area contributed by atoms with E-state index in [1.165, 1.54) is 0 Å². The smallest absolute Gasteiger partial charge is 0.162 e. The zero-order valence-electron chi connectivity index (χ0n) is 11.3. The number of rotatable bonds is 1. The number of benzene rings is 2. The molecule has 0 fully saturated rings. The second-order valence-electron chi connectivity index (χ2n) is 4.81. The minimum Gasteiger partial charge on any atom is -0.383 e. The highest BCUT2D eigenvalue weighted by atomic mass is 35.5. The van der Waals surface area contributed by atoms with Gasteiger partial charge >= 0.3 is 0 Å². The molecule has 3 aromatic rings. The van der Waals surface area contributed by atoms with Gasteiger partial charge < -0.3 is 5.73 Å². The van der Waals surface area contributed by atoms with E-state index in [4.69, 9.17) is 17.3 Å². The van der Waals surface area contributed by atoms with Crippen LogP contribution in [0, 0.1) is 13.8 Å². The molecule has 0 amide bonds. The van der Waals surface area contributed by atoms with Gasteiger partial charge in [-0.1, -0.05) is 35.9 Å². The van der Waals surface area contributed by atoms with Crippen molar-refractivity contribution in [3.8, 4) is 11.4 Å². The number of hydrogen-bond acceptors (Lipinski definition) is 3. The quantitative estimate of drug-likeness (QED) is 0.730. The molecular weight excluding hydrogens is 270 g/mol. The van der Waals surface area contributed by atoms with Gasteiger partial charge in [-0.25, -0.2) is 9.97 Å². The molecule has 2 N–H and O–H groups in total. The molecule has 4 heteroatoms. The molecule has 0 spiro atoms. The lowest BCUT2D eigenvalue weighted by molar-refractivity contribution is 1.22. The zero-order valence-corrected chi connectivity index (χ0v) is 12.1. The molecule has 0 atom stereocenters. The first-order valence-corrected chi connectivity index (χ1v) is 6.74.